The van der Waals surface area contributed by atoms with Crippen molar-refractivity contribution in [2.24, 2.45) is 38.4 Å². The van der Waals surface area contributed by atoms with Gasteiger partial charge in [-0.1, -0.05) is 234 Å². The van der Waals surface area contributed by atoms with Crippen LogP contribution in [-0.2, 0) is 6.42 Å². The largest absolute Gasteiger partial charge is 0.491 e. The smallest absolute Gasteiger partial charge is 0.119 e. The van der Waals surface area contributed by atoms with Crippen molar-refractivity contribution in [3.63, 3.8) is 0 Å². The van der Waals surface area contributed by atoms with Crippen molar-refractivity contribution in [1.82, 2.24) is 0 Å². The molecule has 0 N–H and O–H groups in total. The molecule has 0 spiro atoms. The topological polar surface area (TPSA) is 9.23 Å². The molecular formula is C71H106OS. The first-order valence-corrected chi connectivity index (χ1v) is 30.1. The molecule has 0 saturated heterocycles. The number of hydrogen-bond acceptors (Lipinski definition) is 2. The van der Waals surface area contributed by atoms with E-state index < -0.39 is 0 Å². The van der Waals surface area contributed by atoms with E-state index in [-0.39, 0.29) is 62.3 Å². The maximum Gasteiger partial charge on any atom is 0.119 e. The van der Waals surface area contributed by atoms with Crippen LogP contribution in [0.2, 0.25) is 0 Å². The van der Waals surface area contributed by atoms with E-state index in [9.17, 15) is 0 Å². The van der Waals surface area contributed by atoms with Crippen LogP contribution in [0.1, 0.15) is 247 Å². The lowest BCUT2D eigenvalue weighted by atomic mass is 9.39. The molecule has 5 aromatic rings. The molecule has 0 fully saturated rings. The lowest BCUT2D eigenvalue weighted by molar-refractivity contribution is -0.0717. The molecule has 6 atom stereocenters. The Labute approximate surface area is 454 Å². The standard InChI is InChI=1S/C71H106OS/c1-20-23-28-53(46-66(6,7)8)47-70(18,19)71(63(49-68(12,13)14)56-35-33-52(27-21-2)34-36-56,64(50-69(15,16)17)58-31-26-32-60(45-58)72-51(4)5)65(59-38-37-54-29-24-25-30-57(54)44-59)62(48-67(9,10)11)55-39-41-61(42-40-55)73-43-22-3/h24-26,29-42,44-45,51,53,62-65H,20-23,27-28,43,46-50H2,1-19H3. The predicted octanol–water partition coefficient (Wildman–Crippen LogP) is 22.5. The Kier molecular flexibility index (Phi) is 21.1. The van der Waals surface area contributed by atoms with Crippen LogP contribution >= 0.6 is 11.8 Å². The summed E-state index contributed by atoms with van der Waals surface area (Å²) in [5, 5.41) is 2.65. The molecule has 73 heavy (non-hydrogen) atoms. The third-order valence-corrected chi connectivity index (χ3v) is 17.1. The zero-order valence-electron chi connectivity index (χ0n) is 50.2. The summed E-state index contributed by atoms with van der Waals surface area (Å²) in [5.41, 5.74) is 7.01. The number of unbranched alkanes of at least 4 members (excludes halogenated alkanes) is 1. The number of fused-ring (bicyclic) bond motifs is 1. The molecule has 0 aromatic heterocycles. The first-order chi connectivity index (χ1) is 34.1. The third-order valence-electron chi connectivity index (χ3n) is 15.8. The Balaban J connectivity index is 2.19. The molecule has 5 aromatic carbocycles. The summed E-state index contributed by atoms with van der Waals surface area (Å²) in [4.78, 5) is 1.38. The van der Waals surface area contributed by atoms with Gasteiger partial charge in [0.2, 0.25) is 0 Å². The number of hydrogen-bond donors (Lipinski definition) is 0. The van der Waals surface area contributed by atoms with Gasteiger partial charge in [0.25, 0.3) is 0 Å². The number of ether oxygens (including phenoxy) is 1. The van der Waals surface area contributed by atoms with Gasteiger partial charge in [0.05, 0.1) is 6.10 Å². The molecule has 0 aliphatic rings. The normalized spacial score (nSPS) is 16.0. The summed E-state index contributed by atoms with van der Waals surface area (Å²) in [6.45, 7) is 47.2. The lowest BCUT2D eigenvalue weighted by Crippen LogP contribution is -2.55. The first-order valence-electron chi connectivity index (χ1n) is 29.2. The van der Waals surface area contributed by atoms with Crippen LogP contribution in [0.15, 0.2) is 120 Å². The SMILES string of the molecule is CCCCC(CC(C)(C)C)CC(C)(C)C(C(CC(C)(C)C)c1ccc(CCC)cc1)(C(CC(C)(C)C)c1cccc(OC(C)C)c1)C(c1ccc2ccccc2c1)C(CC(C)(C)C)c1ccc(SCCC)cc1. The van der Waals surface area contributed by atoms with E-state index in [1.807, 2.05) is 11.8 Å². The average molecular weight is 1010 g/mol. The molecule has 5 rings (SSSR count). The van der Waals surface area contributed by atoms with E-state index >= 15 is 0 Å². The van der Waals surface area contributed by atoms with Gasteiger partial charge in [0.1, 0.15) is 5.75 Å². The van der Waals surface area contributed by atoms with E-state index in [1.54, 1.807) is 0 Å². The Morgan fingerprint density at radius 3 is 1.59 bits per heavy atom. The molecule has 0 heterocycles. The minimum atomic E-state index is -0.368. The Hall–Kier alpha value is -3.49. The molecule has 0 aliphatic carbocycles. The fourth-order valence-corrected chi connectivity index (χ4v) is 14.3. The highest BCUT2D eigenvalue weighted by molar-refractivity contribution is 7.99. The van der Waals surface area contributed by atoms with Crippen molar-refractivity contribution < 1.29 is 4.74 Å². The fraction of sp³-hybridized carbons (Fsp3) is 0.606. The van der Waals surface area contributed by atoms with E-state index in [0.717, 1.165) is 50.0 Å². The van der Waals surface area contributed by atoms with Gasteiger partial charge in [-0.15, -0.1) is 11.8 Å². The van der Waals surface area contributed by atoms with E-state index in [0.29, 0.717) is 5.92 Å². The van der Waals surface area contributed by atoms with E-state index in [4.69, 9.17) is 4.74 Å². The van der Waals surface area contributed by atoms with Gasteiger partial charge >= 0.3 is 0 Å². The van der Waals surface area contributed by atoms with E-state index in [2.05, 4.69) is 247 Å². The maximum absolute atomic E-state index is 6.77. The van der Waals surface area contributed by atoms with Gasteiger partial charge in [0.15, 0.2) is 0 Å². The average Bonchev–Trinajstić information content (AvgIpc) is 3.28. The van der Waals surface area contributed by atoms with Gasteiger partial charge in [-0.3, -0.25) is 0 Å². The van der Waals surface area contributed by atoms with Crippen molar-refractivity contribution in [3.05, 3.63) is 143 Å². The summed E-state index contributed by atoms with van der Waals surface area (Å²) in [6, 6.07) is 46.8. The number of aryl methyl sites for hydroxylation is 1. The van der Waals surface area contributed by atoms with Crippen LogP contribution in [0, 0.1) is 38.4 Å². The molecular weight excluding hydrogens is 901 g/mol. The van der Waals surface area contributed by atoms with Crippen LogP contribution in [-0.4, -0.2) is 11.9 Å². The zero-order valence-corrected chi connectivity index (χ0v) is 51.1. The highest BCUT2D eigenvalue weighted by atomic mass is 32.2. The predicted molar refractivity (Wildman–Crippen MR) is 325 cm³/mol. The Bertz CT molecular complexity index is 2410. The van der Waals surface area contributed by atoms with Crippen LogP contribution in [0.5, 0.6) is 5.75 Å². The summed E-state index contributed by atoms with van der Waals surface area (Å²) in [7, 11) is 0. The fourth-order valence-electron chi connectivity index (χ4n) is 13.6. The van der Waals surface area contributed by atoms with E-state index in [1.165, 1.54) is 75.6 Å². The maximum atomic E-state index is 6.77. The van der Waals surface area contributed by atoms with Crippen LogP contribution in [0.25, 0.3) is 10.8 Å². The monoisotopic (exact) mass is 1010 g/mol. The minimum Gasteiger partial charge on any atom is -0.491 e. The molecule has 0 radical (unpaired) electrons. The second-order valence-corrected chi connectivity index (χ2v) is 29.7. The molecule has 2 heteroatoms. The zero-order chi connectivity index (χ0) is 54.0. The van der Waals surface area contributed by atoms with Gasteiger partial charge < -0.3 is 4.74 Å². The van der Waals surface area contributed by atoms with Crippen molar-refractivity contribution in [1.29, 1.82) is 0 Å². The van der Waals surface area contributed by atoms with Gasteiger partial charge in [0, 0.05) is 4.90 Å². The lowest BCUT2D eigenvalue weighted by Gasteiger charge is -2.64. The summed E-state index contributed by atoms with van der Waals surface area (Å²) < 4.78 is 6.77. The molecule has 6 unspecified atom stereocenters. The molecule has 402 valence electrons. The minimum absolute atomic E-state index is 0.00317. The van der Waals surface area contributed by atoms with Gasteiger partial charge in [-0.05, 0) is 189 Å². The highest BCUT2D eigenvalue weighted by Gasteiger charge is 2.63. The number of benzene rings is 5. The summed E-state index contributed by atoms with van der Waals surface area (Å²) in [6.07, 6.45) is 12.7. The highest BCUT2D eigenvalue weighted by Crippen LogP contribution is 2.73. The quantitative estimate of drug-likeness (QED) is 0.0539. The first kappa shape index (κ1) is 60.4. The second-order valence-electron chi connectivity index (χ2n) is 28.5. The molecule has 0 bridgehead atoms. The number of rotatable bonds is 25. The van der Waals surface area contributed by atoms with Crippen molar-refractivity contribution in [2.45, 2.75) is 237 Å². The Morgan fingerprint density at radius 2 is 1.04 bits per heavy atom. The van der Waals surface area contributed by atoms with Crippen molar-refractivity contribution in [3.8, 4) is 5.75 Å². The Morgan fingerprint density at radius 1 is 0.479 bits per heavy atom. The molecule has 1 nitrogen and oxygen atoms in total. The van der Waals surface area contributed by atoms with Crippen LogP contribution in [0.4, 0.5) is 0 Å². The van der Waals surface area contributed by atoms with Gasteiger partial charge in [-0.2, -0.15) is 0 Å². The molecule has 0 aliphatic heterocycles. The van der Waals surface area contributed by atoms with Gasteiger partial charge in [-0.25, -0.2) is 0 Å². The summed E-state index contributed by atoms with van der Waals surface area (Å²) in [5.74, 6) is 3.30. The van der Waals surface area contributed by atoms with Crippen molar-refractivity contribution in [2.75, 3.05) is 5.75 Å². The summed E-state index contributed by atoms with van der Waals surface area (Å²) >= 11 is 2.00. The van der Waals surface area contributed by atoms with Crippen LogP contribution < -0.4 is 4.74 Å². The second kappa shape index (κ2) is 25.6. The molecule has 0 saturated carbocycles. The molecule has 0 amide bonds. The van der Waals surface area contributed by atoms with Crippen molar-refractivity contribution >= 4 is 22.5 Å². The third kappa shape index (κ3) is 17.0. The van der Waals surface area contributed by atoms with Crippen LogP contribution in [0.3, 0.4) is 0 Å². The number of thioether (sulfide) groups is 1.